The third kappa shape index (κ3) is 3.37. The number of carbonyl (C=O) groups is 1. The minimum Gasteiger partial charge on any atom is -0.384 e. The summed E-state index contributed by atoms with van der Waals surface area (Å²) in [6.07, 6.45) is 7.35. The Bertz CT molecular complexity index is 525. The Hall–Kier alpha value is -1.86. The number of rotatable bonds is 2. The van der Waals surface area contributed by atoms with Crippen molar-refractivity contribution in [3.05, 3.63) is 29.6 Å². The van der Waals surface area contributed by atoms with Crippen molar-refractivity contribution in [3.63, 3.8) is 0 Å². The zero-order valence-electron chi connectivity index (χ0n) is 11.8. The quantitative estimate of drug-likeness (QED) is 0.836. The summed E-state index contributed by atoms with van der Waals surface area (Å²) in [6, 6.07) is 3.81. The number of pyridine rings is 1. The fourth-order valence-electron chi connectivity index (χ4n) is 2.61. The van der Waals surface area contributed by atoms with Gasteiger partial charge in [-0.3, -0.25) is 4.79 Å². The molecular weight excluding hydrogens is 252 g/mol. The highest BCUT2D eigenvalue weighted by molar-refractivity contribution is 5.94. The van der Waals surface area contributed by atoms with E-state index in [0.717, 1.165) is 12.8 Å². The van der Waals surface area contributed by atoms with Gasteiger partial charge in [-0.2, -0.15) is 0 Å². The monoisotopic (exact) mass is 272 g/mol. The van der Waals surface area contributed by atoms with Crippen molar-refractivity contribution in [2.75, 3.05) is 13.7 Å². The van der Waals surface area contributed by atoms with Crippen molar-refractivity contribution in [3.8, 4) is 11.8 Å². The molecule has 1 aliphatic carbocycles. The third-order valence-corrected chi connectivity index (χ3v) is 3.76. The van der Waals surface area contributed by atoms with Crippen molar-refractivity contribution in [1.29, 1.82) is 0 Å². The summed E-state index contributed by atoms with van der Waals surface area (Å²) in [6.45, 7) is -0.221. The van der Waals surface area contributed by atoms with Gasteiger partial charge in [-0.25, -0.2) is 4.98 Å². The highest BCUT2D eigenvalue weighted by Crippen LogP contribution is 2.23. The predicted octanol–water partition coefficient (Wildman–Crippen LogP) is 1.83. The lowest BCUT2D eigenvalue weighted by molar-refractivity contribution is 0.0690. The molecule has 0 aromatic carbocycles. The van der Waals surface area contributed by atoms with E-state index in [4.69, 9.17) is 5.11 Å². The molecule has 1 heterocycles. The minimum absolute atomic E-state index is 0.0836. The number of hydrogen-bond acceptors (Lipinski definition) is 3. The van der Waals surface area contributed by atoms with Gasteiger partial charge in [0.2, 0.25) is 0 Å². The molecule has 20 heavy (non-hydrogen) atoms. The first-order valence-corrected chi connectivity index (χ1v) is 7.06. The molecule has 0 atom stereocenters. The Labute approximate surface area is 119 Å². The van der Waals surface area contributed by atoms with E-state index >= 15 is 0 Å². The molecule has 0 spiro atoms. The maximum absolute atomic E-state index is 12.6. The normalized spacial score (nSPS) is 15.3. The molecule has 0 radical (unpaired) electrons. The summed E-state index contributed by atoms with van der Waals surface area (Å²) in [4.78, 5) is 18.5. The van der Waals surface area contributed by atoms with Crippen LogP contribution in [-0.4, -0.2) is 40.6 Å². The summed E-state index contributed by atoms with van der Waals surface area (Å²) in [7, 11) is 1.84. The van der Waals surface area contributed by atoms with Gasteiger partial charge in [0, 0.05) is 19.3 Å². The molecule has 1 saturated carbocycles. The Balaban J connectivity index is 2.19. The van der Waals surface area contributed by atoms with Crippen LogP contribution in [-0.2, 0) is 0 Å². The van der Waals surface area contributed by atoms with Crippen LogP contribution in [0.3, 0.4) is 0 Å². The third-order valence-electron chi connectivity index (χ3n) is 3.76. The first kappa shape index (κ1) is 14.5. The smallest absolute Gasteiger partial charge is 0.273 e. The fourth-order valence-corrected chi connectivity index (χ4v) is 2.61. The van der Waals surface area contributed by atoms with Gasteiger partial charge in [-0.05, 0) is 25.0 Å². The molecule has 1 amide bonds. The summed E-state index contributed by atoms with van der Waals surface area (Å²) >= 11 is 0. The van der Waals surface area contributed by atoms with Gasteiger partial charge in [0.25, 0.3) is 5.91 Å². The van der Waals surface area contributed by atoms with Crippen LogP contribution in [0.2, 0.25) is 0 Å². The van der Waals surface area contributed by atoms with Crippen molar-refractivity contribution in [2.24, 2.45) is 0 Å². The van der Waals surface area contributed by atoms with Gasteiger partial charge in [0.05, 0.1) is 5.56 Å². The van der Waals surface area contributed by atoms with Gasteiger partial charge >= 0.3 is 0 Å². The number of aromatic nitrogens is 1. The average molecular weight is 272 g/mol. The first-order chi connectivity index (χ1) is 9.74. The van der Waals surface area contributed by atoms with Crippen molar-refractivity contribution in [1.82, 2.24) is 9.88 Å². The minimum atomic E-state index is -0.221. The van der Waals surface area contributed by atoms with E-state index in [2.05, 4.69) is 16.8 Å². The molecule has 0 unspecified atom stereocenters. The SMILES string of the molecule is CN(C(=O)c1ncccc1C#CCO)C1CCCCC1. The molecule has 1 aromatic heterocycles. The summed E-state index contributed by atoms with van der Waals surface area (Å²) in [5.41, 5.74) is 0.954. The molecule has 0 saturated heterocycles. The van der Waals surface area contributed by atoms with E-state index < -0.39 is 0 Å². The van der Waals surface area contributed by atoms with Crippen LogP contribution < -0.4 is 0 Å². The Morgan fingerprint density at radius 2 is 2.20 bits per heavy atom. The van der Waals surface area contributed by atoms with Crippen LogP contribution in [0.25, 0.3) is 0 Å². The lowest BCUT2D eigenvalue weighted by Crippen LogP contribution is -2.39. The lowest BCUT2D eigenvalue weighted by atomic mass is 9.94. The number of nitrogens with zero attached hydrogens (tertiary/aromatic N) is 2. The second kappa shape index (κ2) is 7.06. The van der Waals surface area contributed by atoms with Gasteiger partial charge in [-0.1, -0.05) is 31.1 Å². The molecule has 1 aromatic rings. The summed E-state index contributed by atoms with van der Waals surface area (Å²) in [5.74, 6) is 5.28. The maximum atomic E-state index is 12.6. The van der Waals surface area contributed by atoms with E-state index in [0.29, 0.717) is 17.3 Å². The van der Waals surface area contributed by atoms with E-state index in [1.807, 2.05) is 7.05 Å². The fraction of sp³-hybridized carbons (Fsp3) is 0.500. The average Bonchev–Trinajstić information content (AvgIpc) is 2.52. The van der Waals surface area contributed by atoms with Crippen LogP contribution in [0, 0.1) is 11.8 Å². The second-order valence-corrected chi connectivity index (χ2v) is 5.07. The Morgan fingerprint density at radius 1 is 1.45 bits per heavy atom. The highest BCUT2D eigenvalue weighted by Gasteiger charge is 2.24. The number of aliphatic hydroxyl groups is 1. The van der Waals surface area contributed by atoms with E-state index in [9.17, 15) is 4.79 Å². The number of amides is 1. The Morgan fingerprint density at radius 3 is 2.90 bits per heavy atom. The first-order valence-electron chi connectivity index (χ1n) is 7.06. The van der Waals surface area contributed by atoms with Crippen LogP contribution in [0.15, 0.2) is 18.3 Å². The van der Waals surface area contributed by atoms with Crippen LogP contribution in [0.1, 0.15) is 48.2 Å². The molecule has 0 aliphatic heterocycles. The second-order valence-electron chi connectivity index (χ2n) is 5.07. The van der Waals surface area contributed by atoms with Gasteiger partial charge in [0.15, 0.2) is 0 Å². The molecule has 4 nitrogen and oxygen atoms in total. The van der Waals surface area contributed by atoms with E-state index in [1.165, 1.54) is 19.3 Å². The van der Waals surface area contributed by atoms with Crippen LogP contribution in [0.5, 0.6) is 0 Å². The Kier molecular flexibility index (Phi) is 5.14. The number of hydrogen-bond donors (Lipinski definition) is 1. The van der Waals surface area contributed by atoms with Crippen molar-refractivity contribution < 1.29 is 9.90 Å². The molecule has 1 N–H and O–H groups in total. The molecular formula is C16H20N2O2. The standard InChI is InChI=1S/C16H20N2O2/c1-18(14-9-3-2-4-10-14)16(20)15-13(8-6-12-19)7-5-11-17-15/h5,7,11,14,19H,2-4,9-10,12H2,1H3. The highest BCUT2D eigenvalue weighted by atomic mass is 16.2. The summed E-state index contributed by atoms with van der Waals surface area (Å²) < 4.78 is 0. The van der Waals surface area contributed by atoms with Crippen molar-refractivity contribution in [2.45, 2.75) is 38.1 Å². The molecule has 0 bridgehead atoms. The van der Waals surface area contributed by atoms with Crippen LogP contribution >= 0.6 is 0 Å². The van der Waals surface area contributed by atoms with Gasteiger partial charge < -0.3 is 10.0 Å². The molecule has 4 heteroatoms. The van der Waals surface area contributed by atoms with E-state index in [-0.39, 0.29) is 12.5 Å². The zero-order chi connectivity index (χ0) is 14.4. The van der Waals surface area contributed by atoms with Gasteiger partial charge in [-0.15, -0.1) is 0 Å². The summed E-state index contributed by atoms with van der Waals surface area (Å²) in [5, 5.41) is 8.78. The number of aliphatic hydroxyl groups excluding tert-OH is 1. The number of carbonyl (C=O) groups excluding carboxylic acids is 1. The van der Waals surface area contributed by atoms with Gasteiger partial charge in [0.1, 0.15) is 12.3 Å². The molecule has 2 rings (SSSR count). The zero-order valence-corrected chi connectivity index (χ0v) is 11.8. The van der Waals surface area contributed by atoms with Crippen molar-refractivity contribution >= 4 is 5.91 Å². The largest absolute Gasteiger partial charge is 0.384 e. The topological polar surface area (TPSA) is 53.4 Å². The predicted molar refractivity (Wildman–Crippen MR) is 77.2 cm³/mol. The maximum Gasteiger partial charge on any atom is 0.273 e. The van der Waals surface area contributed by atoms with E-state index in [1.54, 1.807) is 23.2 Å². The van der Waals surface area contributed by atoms with Crippen LogP contribution in [0.4, 0.5) is 0 Å². The molecule has 1 fully saturated rings. The molecule has 1 aliphatic rings. The lowest BCUT2D eigenvalue weighted by Gasteiger charge is -2.31. The molecule has 106 valence electrons.